The van der Waals surface area contributed by atoms with Gasteiger partial charge in [-0.1, -0.05) is 42.5 Å². The highest BCUT2D eigenvalue weighted by Gasteiger charge is 2.31. The molecule has 0 aliphatic rings. The Bertz CT molecular complexity index is 862. The number of nitrogens with two attached hydrogens (primary N) is 1. The average molecular weight is 381 g/mol. The maximum absolute atomic E-state index is 12.7. The first-order valence-corrected chi connectivity index (χ1v) is 7.81. The van der Waals surface area contributed by atoms with Crippen LogP contribution in [0.1, 0.15) is 11.1 Å². The van der Waals surface area contributed by atoms with Crippen LogP contribution in [0.5, 0.6) is 0 Å². The molecule has 7 heteroatoms. The molecule has 0 aromatic heterocycles. The van der Waals surface area contributed by atoms with Crippen LogP contribution in [0.4, 0.5) is 32.0 Å². The van der Waals surface area contributed by atoms with Gasteiger partial charge in [0.05, 0.1) is 11.1 Å². The van der Waals surface area contributed by atoms with E-state index in [0.717, 1.165) is 24.3 Å². The lowest BCUT2D eigenvalue weighted by Gasteiger charge is -2.13. The molecule has 3 aromatic rings. The van der Waals surface area contributed by atoms with Gasteiger partial charge in [0.15, 0.2) is 0 Å². The smallest absolute Gasteiger partial charge is 0.398 e. The third kappa shape index (κ3) is 3.92. The molecular formula is C20H13F6N. The molecule has 0 aliphatic heterocycles. The van der Waals surface area contributed by atoms with Crippen molar-refractivity contribution in [1.82, 2.24) is 0 Å². The molecule has 1 nitrogen and oxygen atoms in total. The maximum Gasteiger partial charge on any atom is 0.416 e. The van der Waals surface area contributed by atoms with Crippen LogP contribution in [-0.4, -0.2) is 0 Å². The highest BCUT2D eigenvalue weighted by atomic mass is 19.4. The molecule has 0 fully saturated rings. The second kappa shape index (κ2) is 6.64. The Balaban J connectivity index is 1.99. The minimum atomic E-state index is -4.44. The van der Waals surface area contributed by atoms with Gasteiger partial charge in [0.25, 0.3) is 0 Å². The van der Waals surface area contributed by atoms with Crippen molar-refractivity contribution in [3.8, 4) is 22.3 Å². The predicted octanol–water partition coefficient (Wildman–Crippen LogP) is 6.64. The second-order valence-electron chi connectivity index (χ2n) is 5.92. The third-order valence-corrected chi connectivity index (χ3v) is 4.15. The second-order valence-corrected chi connectivity index (χ2v) is 5.92. The van der Waals surface area contributed by atoms with E-state index in [4.69, 9.17) is 5.73 Å². The Morgan fingerprint density at radius 1 is 0.519 bits per heavy atom. The summed E-state index contributed by atoms with van der Waals surface area (Å²) in [6.07, 6.45) is -8.88. The standard InChI is InChI=1S/C20H13F6N/c21-19(22,23)14-8-4-12(5-9-14)16-2-1-3-17(18(16)27)13-6-10-15(11-7-13)20(24,25)26/h1-11H,27H2. The molecule has 3 aromatic carbocycles. The molecule has 0 spiro atoms. The Morgan fingerprint density at radius 3 is 1.15 bits per heavy atom. The minimum Gasteiger partial charge on any atom is -0.398 e. The number of benzene rings is 3. The van der Waals surface area contributed by atoms with E-state index in [2.05, 4.69) is 0 Å². The summed E-state index contributed by atoms with van der Waals surface area (Å²) >= 11 is 0. The van der Waals surface area contributed by atoms with Crippen LogP contribution in [0.25, 0.3) is 22.3 Å². The fraction of sp³-hybridized carbons (Fsp3) is 0.100. The van der Waals surface area contributed by atoms with Crippen LogP contribution >= 0.6 is 0 Å². The van der Waals surface area contributed by atoms with E-state index >= 15 is 0 Å². The normalized spacial score (nSPS) is 12.2. The van der Waals surface area contributed by atoms with Crippen molar-refractivity contribution in [2.24, 2.45) is 0 Å². The van der Waals surface area contributed by atoms with Gasteiger partial charge in [0.2, 0.25) is 0 Å². The van der Waals surface area contributed by atoms with Crippen molar-refractivity contribution in [2.45, 2.75) is 12.4 Å². The third-order valence-electron chi connectivity index (χ3n) is 4.15. The number of alkyl halides is 6. The van der Waals surface area contributed by atoms with Crippen molar-refractivity contribution in [1.29, 1.82) is 0 Å². The highest BCUT2D eigenvalue weighted by Crippen LogP contribution is 2.37. The van der Waals surface area contributed by atoms with Crippen molar-refractivity contribution >= 4 is 5.69 Å². The van der Waals surface area contributed by atoms with Gasteiger partial charge in [-0.3, -0.25) is 0 Å². The quantitative estimate of drug-likeness (QED) is 0.391. The van der Waals surface area contributed by atoms with E-state index in [-0.39, 0.29) is 5.69 Å². The molecule has 2 N–H and O–H groups in total. The number of nitrogen functional groups attached to an aromatic ring is 1. The van der Waals surface area contributed by atoms with E-state index in [1.807, 2.05) is 0 Å². The van der Waals surface area contributed by atoms with E-state index in [9.17, 15) is 26.3 Å². The first-order valence-electron chi connectivity index (χ1n) is 7.81. The highest BCUT2D eigenvalue weighted by molar-refractivity contribution is 5.88. The van der Waals surface area contributed by atoms with Gasteiger partial charge < -0.3 is 5.73 Å². The molecule has 0 amide bonds. The molecule has 0 unspecified atom stereocenters. The van der Waals surface area contributed by atoms with Crippen LogP contribution < -0.4 is 5.73 Å². The molecule has 0 saturated carbocycles. The summed E-state index contributed by atoms with van der Waals surface area (Å²) in [6, 6.07) is 14.0. The Morgan fingerprint density at radius 2 is 0.852 bits per heavy atom. The van der Waals surface area contributed by atoms with E-state index in [1.54, 1.807) is 18.2 Å². The fourth-order valence-electron chi connectivity index (χ4n) is 2.75. The summed E-state index contributed by atoms with van der Waals surface area (Å²) in [4.78, 5) is 0. The first kappa shape index (κ1) is 18.8. The molecule has 3 rings (SSSR count). The molecule has 0 atom stereocenters. The van der Waals surface area contributed by atoms with Gasteiger partial charge in [-0.25, -0.2) is 0 Å². The summed E-state index contributed by atoms with van der Waals surface area (Å²) in [5.41, 5.74) is 6.84. The Labute approximate surface area is 151 Å². The van der Waals surface area contributed by atoms with Gasteiger partial charge in [0.1, 0.15) is 0 Å². The van der Waals surface area contributed by atoms with Crippen molar-refractivity contribution in [3.63, 3.8) is 0 Å². The topological polar surface area (TPSA) is 26.0 Å². The van der Waals surface area contributed by atoms with Crippen molar-refractivity contribution in [3.05, 3.63) is 77.9 Å². The predicted molar refractivity (Wildman–Crippen MR) is 91.7 cm³/mol. The zero-order valence-corrected chi connectivity index (χ0v) is 13.7. The number of rotatable bonds is 2. The number of hydrogen-bond acceptors (Lipinski definition) is 1. The van der Waals surface area contributed by atoms with E-state index in [0.29, 0.717) is 22.3 Å². The number of halogens is 6. The van der Waals surface area contributed by atoms with E-state index < -0.39 is 23.5 Å². The summed E-state index contributed by atoms with van der Waals surface area (Å²) in [6.45, 7) is 0. The lowest BCUT2D eigenvalue weighted by molar-refractivity contribution is -0.138. The molecule has 0 saturated heterocycles. The molecular weight excluding hydrogens is 368 g/mol. The zero-order valence-electron chi connectivity index (χ0n) is 13.7. The van der Waals surface area contributed by atoms with Crippen molar-refractivity contribution in [2.75, 3.05) is 5.73 Å². The zero-order chi connectivity index (χ0) is 19.8. The minimum absolute atomic E-state index is 0.275. The lowest BCUT2D eigenvalue weighted by atomic mass is 9.95. The summed E-state index contributed by atoms with van der Waals surface area (Å²) in [7, 11) is 0. The van der Waals surface area contributed by atoms with Crippen LogP contribution in [0.3, 0.4) is 0 Å². The first-order chi connectivity index (χ1) is 12.6. The van der Waals surface area contributed by atoms with Gasteiger partial charge >= 0.3 is 12.4 Å². The number of hydrogen-bond donors (Lipinski definition) is 1. The molecule has 140 valence electrons. The number of anilines is 1. The van der Waals surface area contributed by atoms with Crippen molar-refractivity contribution < 1.29 is 26.3 Å². The van der Waals surface area contributed by atoms with Crippen LogP contribution in [0.15, 0.2) is 66.7 Å². The Kier molecular flexibility index (Phi) is 4.63. The lowest BCUT2D eigenvalue weighted by Crippen LogP contribution is -2.04. The number of para-hydroxylation sites is 1. The molecule has 0 aliphatic carbocycles. The summed E-state index contributed by atoms with van der Waals surface area (Å²) < 4.78 is 76.2. The monoisotopic (exact) mass is 381 g/mol. The van der Waals surface area contributed by atoms with Gasteiger partial charge in [-0.2, -0.15) is 26.3 Å². The molecule has 27 heavy (non-hydrogen) atoms. The van der Waals surface area contributed by atoms with Crippen LogP contribution in [-0.2, 0) is 12.4 Å². The van der Waals surface area contributed by atoms with Gasteiger partial charge in [-0.05, 0) is 35.4 Å². The average Bonchev–Trinajstić information content (AvgIpc) is 2.61. The van der Waals surface area contributed by atoms with Crippen LogP contribution in [0.2, 0.25) is 0 Å². The van der Waals surface area contributed by atoms with Crippen LogP contribution in [0, 0.1) is 0 Å². The Hall–Kier alpha value is -2.96. The molecule has 0 bridgehead atoms. The molecule has 0 radical (unpaired) electrons. The maximum atomic E-state index is 12.7. The fourth-order valence-corrected chi connectivity index (χ4v) is 2.75. The summed E-state index contributed by atoms with van der Waals surface area (Å²) in [5.74, 6) is 0. The van der Waals surface area contributed by atoms with E-state index in [1.165, 1.54) is 24.3 Å². The largest absolute Gasteiger partial charge is 0.416 e. The van der Waals surface area contributed by atoms with Gasteiger partial charge in [-0.15, -0.1) is 0 Å². The summed E-state index contributed by atoms with van der Waals surface area (Å²) in [5, 5.41) is 0. The molecule has 0 heterocycles. The SMILES string of the molecule is Nc1c(-c2ccc(C(F)(F)F)cc2)cccc1-c1ccc(C(F)(F)F)cc1. The van der Waals surface area contributed by atoms with Gasteiger partial charge in [0, 0.05) is 16.8 Å².